The highest BCUT2D eigenvalue weighted by atomic mass is 35.5. The van der Waals surface area contributed by atoms with Gasteiger partial charge in [0.1, 0.15) is 0 Å². The second-order valence-corrected chi connectivity index (χ2v) is 10.4. The molecule has 0 bridgehead atoms. The minimum Gasteiger partial charge on any atom is -0.349 e. The van der Waals surface area contributed by atoms with Crippen molar-refractivity contribution in [3.05, 3.63) is 98.0 Å². The molecule has 180 valence electrons. The highest BCUT2D eigenvalue weighted by Gasteiger charge is 2.75. The molecule has 3 aromatic carbocycles. The van der Waals surface area contributed by atoms with Crippen molar-refractivity contribution < 1.29 is 23.9 Å². The lowest BCUT2D eigenvalue weighted by Gasteiger charge is -2.28. The van der Waals surface area contributed by atoms with Gasteiger partial charge in [-0.3, -0.25) is 19.2 Å². The number of rotatable bonds is 2. The molecule has 6 nitrogen and oxygen atoms in total. The lowest BCUT2D eigenvalue weighted by Crippen LogP contribution is -2.51. The first-order valence-electron chi connectivity index (χ1n) is 11.1. The Hall–Kier alpha value is -3.03. The first-order valence-corrected chi connectivity index (χ1v) is 12.3. The van der Waals surface area contributed by atoms with Gasteiger partial charge in [-0.05, 0) is 36.8 Å². The number of Topliss-reactive ketones (excluding diaryl/α,β-unsaturated/α-hetero) is 2. The molecule has 0 radical (unpaired) electrons. The van der Waals surface area contributed by atoms with Gasteiger partial charge in [0.2, 0.25) is 29.0 Å². The van der Waals surface area contributed by atoms with Gasteiger partial charge >= 0.3 is 0 Å². The Morgan fingerprint density at radius 3 is 2.06 bits per heavy atom. The summed E-state index contributed by atoms with van der Waals surface area (Å²) >= 11 is 18.7. The Balaban J connectivity index is 1.58. The highest BCUT2D eigenvalue weighted by molar-refractivity contribution is 6.38. The molecule has 2 fully saturated rings. The number of ketones is 2. The van der Waals surface area contributed by atoms with Gasteiger partial charge in [-0.15, -0.1) is 0 Å². The summed E-state index contributed by atoms with van der Waals surface area (Å²) in [6.07, 6.45) is -1.14. The molecule has 3 aliphatic rings. The normalized spacial score (nSPS) is 24.1. The number of carbonyl (C=O) groups excluding carboxylic acids is 4. The fourth-order valence-electron chi connectivity index (χ4n) is 5.59. The maximum atomic E-state index is 14.0. The van der Waals surface area contributed by atoms with E-state index in [2.05, 4.69) is 0 Å². The van der Waals surface area contributed by atoms with Crippen molar-refractivity contribution in [2.24, 2.45) is 11.8 Å². The van der Waals surface area contributed by atoms with Gasteiger partial charge in [-0.2, -0.15) is 0 Å². The van der Waals surface area contributed by atoms with Gasteiger partial charge in [0, 0.05) is 31.8 Å². The summed E-state index contributed by atoms with van der Waals surface area (Å²) in [5, 5.41) is 0.881. The molecule has 0 aromatic heterocycles. The Morgan fingerprint density at radius 2 is 1.42 bits per heavy atom. The van der Waals surface area contributed by atoms with E-state index in [1.54, 1.807) is 43.3 Å². The molecule has 36 heavy (non-hydrogen) atoms. The van der Waals surface area contributed by atoms with Crippen LogP contribution in [-0.4, -0.2) is 29.0 Å². The quantitative estimate of drug-likeness (QED) is 0.310. The molecule has 2 aliphatic heterocycles. The fraction of sp³-hybridized carbons (Fsp3) is 0.185. The largest absolute Gasteiger partial charge is 0.349 e. The predicted molar refractivity (Wildman–Crippen MR) is 134 cm³/mol. The van der Waals surface area contributed by atoms with Crippen LogP contribution in [0.25, 0.3) is 0 Å². The van der Waals surface area contributed by atoms with E-state index in [0.29, 0.717) is 26.9 Å². The Morgan fingerprint density at radius 1 is 0.806 bits per heavy atom. The SMILES string of the molecule is Cc1ccc(Cl)cc1N1C(=O)[C@H]2[C@@H](C1=O)C1(O[C@H]2c2ccc(Cl)cc2Cl)C(=O)c2ccccc2C1=O. The van der Waals surface area contributed by atoms with E-state index in [1.807, 2.05) is 0 Å². The maximum Gasteiger partial charge on any atom is 0.241 e. The third-order valence-electron chi connectivity index (χ3n) is 7.20. The number of imide groups is 1. The summed E-state index contributed by atoms with van der Waals surface area (Å²) in [4.78, 5) is 56.6. The molecule has 0 unspecified atom stereocenters. The van der Waals surface area contributed by atoms with Crippen LogP contribution in [-0.2, 0) is 14.3 Å². The molecule has 1 spiro atoms. The molecule has 3 aromatic rings. The van der Waals surface area contributed by atoms with E-state index in [0.717, 1.165) is 4.90 Å². The van der Waals surface area contributed by atoms with E-state index in [1.165, 1.54) is 24.3 Å². The Labute approximate surface area is 220 Å². The molecular weight excluding hydrogens is 525 g/mol. The second kappa shape index (κ2) is 7.98. The van der Waals surface area contributed by atoms with Crippen molar-refractivity contribution in [2.75, 3.05) is 4.90 Å². The molecule has 9 heteroatoms. The summed E-state index contributed by atoms with van der Waals surface area (Å²) < 4.78 is 6.25. The van der Waals surface area contributed by atoms with E-state index in [9.17, 15) is 19.2 Å². The van der Waals surface area contributed by atoms with Crippen molar-refractivity contribution in [3.8, 4) is 0 Å². The lowest BCUT2D eigenvalue weighted by molar-refractivity contribution is -0.127. The fourth-order valence-corrected chi connectivity index (χ4v) is 6.28. The van der Waals surface area contributed by atoms with Gasteiger partial charge in [-0.1, -0.05) is 71.2 Å². The van der Waals surface area contributed by atoms with Crippen LogP contribution in [0, 0.1) is 18.8 Å². The molecule has 6 rings (SSSR count). The molecule has 1 aliphatic carbocycles. The molecule has 2 heterocycles. The summed E-state index contributed by atoms with van der Waals surface area (Å²) in [5.41, 5.74) is -0.600. The van der Waals surface area contributed by atoms with Crippen LogP contribution in [0.3, 0.4) is 0 Å². The van der Waals surface area contributed by atoms with Crippen molar-refractivity contribution in [1.82, 2.24) is 0 Å². The third kappa shape index (κ3) is 2.96. The van der Waals surface area contributed by atoms with Crippen molar-refractivity contribution in [2.45, 2.75) is 18.6 Å². The average molecular weight is 541 g/mol. The van der Waals surface area contributed by atoms with Crippen LogP contribution in [0.5, 0.6) is 0 Å². The molecule has 2 saturated heterocycles. The van der Waals surface area contributed by atoms with Crippen molar-refractivity contribution in [3.63, 3.8) is 0 Å². The average Bonchev–Trinajstić information content (AvgIpc) is 3.41. The smallest absolute Gasteiger partial charge is 0.241 e. The minimum absolute atomic E-state index is 0.154. The van der Waals surface area contributed by atoms with Gasteiger partial charge < -0.3 is 4.74 Å². The van der Waals surface area contributed by atoms with E-state index in [4.69, 9.17) is 39.5 Å². The van der Waals surface area contributed by atoms with Gasteiger partial charge in [0.05, 0.1) is 23.6 Å². The number of halogens is 3. The zero-order valence-corrected chi connectivity index (χ0v) is 20.9. The first kappa shape index (κ1) is 23.4. The molecule has 3 atom stereocenters. The number of hydrogen-bond acceptors (Lipinski definition) is 5. The van der Waals surface area contributed by atoms with E-state index in [-0.39, 0.29) is 16.1 Å². The van der Waals surface area contributed by atoms with E-state index >= 15 is 0 Å². The summed E-state index contributed by atoms with van der Waals surface area (Å²) in [6.45, 7) is 1.74. The van der Waals surface area contributed by atoms with Crippen LogP contribution in [0.1, 0.15) is 37.9 Å². The minimum atomic E-state index is -2.18. The van der Waals surface area contributed by atoms with Crippen molar-refractivity contribution in [1.29, 1.82) is 0 Å². The highest BCUT2D eigenvalue weighted by Crippen LogP contribution is 2.58. The van der Waals surface area contributed by atoms with Crippen LogP contribution < -0.4 is 4.90 Å². The first-order chi connectivity index (χ1) is 17.2. The van der Waals surface area contributed by atoms with E-state index < -0.39 is 46.9 Å². The van der Waals surface area contributed by atoms with Crippen LogP contribution >= 0.6 is 34.8 Å². The number of fused-ring (bicyclic) bond motifs is 3. The maximum absolute atomic E-state index is 14.0. The molecule has 0 saturated carbocycles. The monoisotopic (exact) mass is 539 g/mol. The number of amides is 2. The van der Waals surface area contributed by atoms with Crippen LogP contribution in [0.2, 0.25) is 15.1 Å². The number of anilines is 1. The summed E-state index contributed by atoms with van der Waals surface area (Å²) in [6, 6.07) is 15.8. The summed E-state index contributed by atoms with van der Waals surface area (Å²) in [7, 11) is 0. The van der Waals surface area contributed by atoms with Crippen molar-refractivity contribution >= 4 is 63.9 Å². The summed E-state index contributed by atoms with van der Waals surface area (Å²) in [5.74, 6) is -5.13. The number of carbonyl (C=O) groups is 4. The predicted octanol–water partition coefficient (Wildman–Crippen LogP) is 5.65. The topological polar surface area (TPSA) is 80.8 Å². The van der Waals surface area contributed by atoms with Crippen LogP contribution in [0.4, 0.5) is 5.69 Å². The lowest BCUT2D eigenvalue weighted by atomic mass is 9.77. The standard InChI is InChI=1S/C27H16Cl3NO5/c1-12-6-7-14(29)11-19(12)31-25(34)20-21(26(31)35)27(23(32)15-4-2-3-5-16(15)24(27)33)36-22(20)17-9-8-13(28)10-18(17)30/h2-11,20-22H,1H3/t20-,21-,22-/m0/s1. The second-order valence-electron chi connectivity index (χ2n) is 9.09. The van der Waals surface area contributed by atoms with Crippen LogP contribution in [0.15, 0.2) is 60.7 Å². The van der Waals surface area contributed by atoms with Gasteiger partial charge in [0.15, 0.2) is 0 Å². The molecule has 0 N–H and O–H groups in total. The van der Waals surface area contributed by atoms with Gasteiger partial charge in [0.25, 0.3) is 0 Å². The number of hydrogen-bond donors (Lipinski definition) is 0. The Bertz CT molecular complexity index is 1500. The molecule has 2 amide bonds. The number of nitrogens with zero attached hydrogens (tertiary/aromatic N) is 1. The third-order valence-corrected chi connectivity index (χ3v) is 8.00. The molecular formula is C27H16Cl3NO5. The number of benzene rings is 3. The zero-order chi connectivity index (χ0) is 25.5. The number of ether oxygens (including phenoxy) is 1. The zero-order valence-electron chi connectivity index (χ0n) is 18.6. The van der Waals surface area contributed by atoms with Gasteiger partial charge in [-0.25, -0.2) is 4.90 Å². The number of aryl methyl sites for hydroxylation is 1. The Kier molecular flexibility index (Phi) is 5.18.